The summed E-state index contributed by atoms with van der Waals surface area (Å²) >= 11 is 5.72. The predicted octanol–water partition coefficient (Wildman–Crippen LogP) is 2.83. The maximum Gasteiger partial charge on any atom is 0.275 e. The molecule has 0 unspecified atom stereocenters. The molecule has 0 aliphatic rings. The number of benzene rings is 2. The quantitative estimate of drug-likeness (QED) is 0.651. The van der Waals surface area contributed by atoms with Crippen molar-refractivity contribution in [2.24, 2.45) is 5.10 Å². The number of hydrazone groups is 1. The summed E-state index contributed by atoms with van der Waals surface area (Å²) < 4.78 is 10.4. The van der Waals surface area contributed by atoms with E-state index in [1.165, 1.54) is 38.6 Å². The van der Waals surface area contributed by atoms with Gasteiger partial charge in [-0.2, -0.15) is 5.10 Å². The van der Waals surface area contributed by atoms with Gasteiger partial charge in [-0.1, -0.05) is 17.7 Å². The van der Waals surface area contributed by atoms with Crippen LogP contribution in [-0.4, -0.2) is 31.4 Å². The molecule has 7 heteroatoms. The Kier molecular flexibility index (Phi) is 5.43. The van der Waals surface area contributed by atoms with Gasteiger partial charge in [-0.15, -0.1) is 0 Å². The van der Waals surface area contributed by atoms with Crippen molar-refractivity contribution in [2.75, 3.05) is 14.2 Å². The van der Waals surface area contributed by atoms with Gasteiger partial charge in [0, 0.05) is 10.6 Å². The predicted molar refractivity (Wildman–Crippen MR) is 87.7 cm³/mol. The fourth-order valence-corrected chi connectivity index (χ4v) is 2.10. The SMILES string of the molecule is COc1cccc(/C=N\NC(=O)c2ccc(Cl)cc2O)c1OC. The summed E-state index contributed by atoms with van der Waals surface area (Å²) in [5.41, 5.74) is 3.03. The molecule has 120 valence electrons. The number of carbonyl (C=O) groups excluding carboxylic acids is 1. The van der Waals surface area contributed by atoms with Crippen molar-refractivity contribution >= 4 is 23.7 Å². The normalized spacial score (nSPS) is 10.6. The van der Waals surface area contributed by atoms with E-state index < -0.39 is 5.91 Å². The molecular weight excluding hydrogens is 320 g/mol. The molecule has 2 aromatic rings. The van der Waals surface area contributed by atoms with Crippen LogP contribution in [0.25, 0.3) is 0 Å². The van der Waals surface area contributed by atoms with Gasteiger partial charge >= 0.3 is 0 Å². The zero-order valence-electron chi connectivity index (χ0n) is 12.5. The molecule has 0 radical (unpaired) electrons. The molecule has 0 spiro atoms. The topological polar surface area (TPSA) is 80.2 Å². The maximum absolute atomic E-state index is 12.0. The number of hydrogen-bond donors (Lipinski definition) is 2. The zero-order chi connectivity index (χ0) is 16.8. The Morgan fingerprint density at radius 1 is 1.26 bits per heavy atom. The minimum Gasteiger partial charge on any atom is -0.507 e. The van der Waals surface area contributed by atoms with Crippen LogP contribution < -0.4 is 14.9 Å². The van der Waals surface area contributed by atoms with Crippen molar-refractivity contribution in [3.05, 3.63) is 52.5 Å². The second-order valence-corrected chi connectivity index (χ2v) is 4.88. The Labute approximate surface area is 138 Å². The van der Waals surface area contributed by atoms with Crippen molar-refractivity contribution in [3.63, 3.8) is 0 Å². The van der Waals surface area contributed by atoms with E-state index in [-0.39, 0.29) is 11.3 Å². The van der Waals surface area contributed by atoms with Gasteiger partial charge in [0.2, 0.25) is 0 Å². The summed E-state index contributed by atoms with van der Waals surface area (Å²) in [5.74, 6) is 0.280. The van der Waals surface area contributed by atoms with E-state index >= 15 is 0 Å². The Bertz CT molecular complexity index is 747. The molecule has 0 saturated heterocycles. The summed E-state index contributed by atoms with van der Waals surface area (Å²) in [6.45, 7) is 0. The fourth-order valence-electron chi connectivity index (χ4n) is 1.93. The van der Waals surface area contributed by atoms with Crippen LogP contribution in [0.5, 0.6) is 17.2 Å². The van der Waals surface area contributed by atoms with Gasteiger partial charge in [0.25, 0.3) is 5.91 Å². The number of halogens is 1. The molecule has 6 nitrogen and oxygen atoms in total. The third kappa shape index (κ3) is 3.92. The fraction of sp³-hybridized carbons (Fsp3) is 0.125. The lowest BCUT2D eigenvalue weighted by Gasteiger charge is -2.09. The first-order valence-corrected chi connectivity index (χ1v) is 6.97. The average Bonchev–Trinajstić information content (AvgIpc) is 2.54. The van der Waals surface area contributed by atoms with Crippen LogP contribution in [0, 0.1) is 0 Å². The number of phenols is 1. The molecule has 2 aromatic carbocycles. The summed E-state index contributed by atoms with van der Waals surface area (Å²) in [5, 5.41) is 13.9. The van der Waals surface area contributed by atoms with Crippen molar-refractivity contribution in [1.82, 2.24) is 5.43 Å². The second-order valence-electron chi connectivity index (χ2n) is 4.44. The Balaban J connectivity index is 2.14. The van der Waals surface area contributed by atoms with E-state index in [1.54, 1.807) is 18.2 Å². The number of carbonyl (C=O) groups is 1. The number of ether oxygens (including phenoxy) is 2. The molecule has 2 N–H and O–H groups in total. The van der Waals surface area contributed by atoms with E-state index in [2.05, 4.69) is 10.5 Å². The van der Waals surface area contributed by atoms with Crippen molar-refractivity contribution in [1.29, 1.82) is 0 Å². The van der Waals surface area contributed by atoms with E-state index in [0.29, 0.717) is 22.1 Å². The average molecular weight is 335 g/mol. The van der Waals surface area contributed by atoms with E-state index in [4.69, 9.17) is 21.1 Å². The molecule has 2 rings (SSSR count). The van der Waals surface area contributed by atoms with E-state index in [0.717, 1.165) is 0 Å². The van der Waals surface area contributed by atoms with Crippen LogP contribution >= 0.6 is 11.6 Å². The van der Waals surface area contributed by atoms with Crippen LogP contribution in [-0.2, 0) is 0 Å². The van der Waals surface area contributed by atoms with Crippen LogP contribution in [0.1, 0.15) is 15.9 Å². The molecular formula is C16H15ClN2O4. The van der Waals surface area contributed by atoms with Crippen LogP contribution in [0.4, 0.5) is 0 Å². The molecule has 0 saturated carbocycles. The van der Waals surface area contributed by atoms with Crippen LogP contribution in [0.3, 0.4) is 0 Å². The number of aromatic hydroxyl groups is 1. The van der Waals surface area contributed by atoms with Gasteiger partial charge in [0.1, 0.15) is 5.75 Å². The third-order valence-corrected chi connectivity index (χ3v) is 3.24. The third-order valence-electron chi connectivity index (χ3n) is 3.01. The van der Waals surface area contributed by atoms with Crippen molar-refractivity contribution in [2.45, 2.75) is 0 Å². The summed E-state index contributed by atoms with van der Waals surface area (Å²) in [6.07, 6.45) is 1.42. The van der Waals surface area contributed by atoms with E-state index in [1.807, 2.05) is 0 Å². The minimum absolute atomic E-state index is 0.0733. The number of rotatable bonds is 5. The number of amides is 1. The molecule has 0 bridgehead atoms. The van der Waals surface area contributed by atoms with Gasteiger partial charge in [0.05, 0.1) is 26.0 Å². The molecule has 0 aromatic heterocycles. The monoisotopic (exact) mass is 334 g/mol. The highest BCUT2D eigenvalue weighted by Crippen LogP contribution is 2.29. The number of nitrogens with one attached hydrogen (secondary N) is 1. The Morgan fingerprint density at radius 2 is 2.04 bits per heavy atom. The lowest BCUT2D eigenvalue weighted by molar-refractivity contribution is 0.0952. The molecule has 0 heterocycles. The Hall–Kier alpha value is -2.73. The van der Waals surface area contributed by atoms with Crippen molar-refractivity contribution in [3.8, 4) is 17.2 Å². The van der Waals surface area contributed by atoms with E-state index in [9.17, 15) is 9.90 Å². The summed E-state index contributed by atoms with van der Waals surface area (Å²) in [7, 11) is 3.05. The van der Waals surface area contributed by atoms with Gasteiger partial charge in [-0.25, -0.2) is 5.43 Å². The first-order chi connectivity index (χ1) is 11.1. The lowest BCUT2D eigenvalue weighted by Crippen LogP contribution is -2.17. The van der Waals surface area contributed by atoms with Crippen LogP contribution in [0.2, 0.25) is 5.02 Å². The van der Waals surface area contributed by atoms with Gasteiger partial charge < -0.3 is 14.6 Å². The number of methoxy groups -OCH3 is 2. The highest BCUT2D eigenvalue weighted by atomic mass is 35.5. The summed E-state index contributed by atoms with van der Waals surface area (Å²) in [6, 6.07) is 9.48. The first kappa shape index (κ1) is 16.6. The van der Waals surface area contributed by atoms with Crippen molar-refractivity contribution < 1.29 is 19.4 Å². The minimum atomic E-state index is -0.558. The van der Waals surface area contributed by atoms with Gasteiger partial charge in [-0.05, 0) is 30.3 Å². The molecule has 0 fully saturated rings. The number of nitrogens with zero attached hydrogens (tertiary/aromatic N) is 1. The lowest BCUT2D eigenvalue weighted by atomic mass is 10.2. The largest absolute Gasteiger partial charge is 0.507 e. The number of para-hydroxylation sites is 1. The second kappa shape index (κ2) is 7.51. The first-order valence-electron chi connectivity index (χ1n) is 6.59. The van der Waals surface area contributed by atoms with Gasteiger partial charge in [0.15, 0.2) is 11.5 Å². The Morgan fingerprint density at radius 3 is 2.70 bits per heavy atom. The summed E-state index contributed by atoms with van der Waals surface area (Å²) in [4.78, 5) is 12.0. The molecule has 0 aliphatic heterocycles. The number of hydrogen-bond acceptors (Lipinski definition) is 5. The number of phenolic OH excluding ortho intramolecular Hbond substituents is 1. The van der Waals surface area contributed by atoms with Crippen LogP contribution in [0.15, 0.2) is 41.5 Å². The standard InChI is InChI=1S/C16H15ClN2O4/c1-22-14-5-3-4-10(15(14)23-2)9-18-19-16(21)12-7-6-11(17)8-13(12)20/h3-9,20H,1-2H3,(H,19,21)/b18-9-. The molecule has 0 aliphatic carbocycles. The highest BCUT2D eigenvalue weighted by Gasteiger charge is 2.11. The molecule has 23 heavy (non-hydrogen) atoms. The van der Waals surface area contributed by atoms with Gasteiger partial charge in [-0.3, -0.25) is 4.79 Å². The molecule has 0 atom stereocenters. The smallest absolute Gasteiger partial charge is 0.275 e. The molecule has 1 amide bonds. The highest BCUT2D eigenvalue weighted by molar-refractivity contribution is 6.30. The zero-order valence-corrected chi connectivity index (χ0v) is 13.3. The maximum atomic E-state index is 12.0.